The third-order valence-corrected chi connectivity index (χ3v) is 6.51. The molecule has 3 heterocycles. The topological polar surface area (TPSA) is 81.4 Å². The van der Waals surface area contributed by atoms with Crippen molar-refractivity contribution in [2.24, 2.45) is 5.92 Å². The Morgan fingerprint density at radius 1 is 1.18 bits per heavy atom. The first-order chi connectivity index (χ1) is 16.1. The zero-order valence-electron chi connectivity index (χ0n) is 17.8. The average Bonchev–Trinajstić information content (AvgIpc) is 3.74. The van der Waals surface area contributed by atoms with E-state index in [0.29, 0.717) is 22.5 Å². The molecule has 2 saturated carbocycles. The van der Waals surface area contributed by atoms with Gasteiger partial charge in [0.15, 0.2) is 11.6 Å². The van der Waals surface area contributed by atoms with Crippen LogP contribution < -0.4 is 10.1 Å². The van der Waals surface area contributed by atoms with Crippen LogP contribution in [0.2, 0.25) is 5.02 Å². The fraction of sp³-hybridized carbons (Fsp3) is 0.280. The first-order valence-corrected chi connectivity index (χ1v) is 11.5. The van der Waals surface area contributed by atoms with E-state index < -0.39 is 0 Å². The Hall–Kier alpha value is -3.45. The molecule has 2 aliphatic rings. The van der Waals surface area contributed by atoms with Crippen LogP contribution in [0.1, 0.15) is 47.9 Å². The molecule has 3 aromatic heterocycles. The number of carbonyl (C=O) groups excluding carboxylic acids is 1. The van der Waals surface area contributed by atoms with Crippen molar-refractivity contribution in [1.29, 1.82) is 0 Å². The third-order valence-electron chi connectivity index (χ3n) is 6.27. The molecular formula is C25H22ClN5O2. The summed E-state index contributed by atoms with van der Waals surface area (Å²) in [6.45, 7) is 0.255. The Balaban J connectivity index is 1.12. The van der Waals surface area contributed by atoms with Crippen molar-refractivity contribution in [3.05, 3.63) is 83.2 Å². The number of nitrogens with one attached hydrogen (secondary N) is 1. The fourth-order valence-electron chi connectivity index (χ4n) is 4.26. The Bertz CT molecular complexity index is 1350. The number of carbonyl (C=O) groups is 1. The molecule has 6 rings (SSSR count). The van der Waals surface area contributed by atoms with Gasteiger partial charge in [0, 0.05) is 23.3 Å². The number of rotatable bonds is 7. The number of hydrogen-bond acceptors (Lipinski definition) is 5. The molecule has 7 nitrogen and oxygen atoms in total. The molecule has 8 heteroatoms. The molecule has 4 aromatic rings. The number of hydrogen-bond donors (Lipinski definition) is 1. The highest BCUT2D eigenvalue weighted by atomic mass is 35.5. The van der Waals surface area contributed by atoms with Crippen LogP contribution in [0.15, 0.2) is 61.3 Å². The number of amides is 1. The standard InChI is InChI=1S/C25H22ClN5O2/c26-18-3-1-2-16(8-18)20-9-21(20)25(32)30-24-22(10-27-14-28-24)33-13-19-12-31-11-17(15-4-5-15)6-7-23(31)29-19/h1-3,6-8,10-12,14-15,20-21H,4-5,9,13H2,(H,27,28,30,32)/t20?,21-/m0/s1. The highest BCUT2D eigenvalue weighted by Crippen LogP contribution is 2.48. The van der Waals surface area contributed by atoms with E-state index in [9.17, 15) is 4.79 Å². The van der Waals surface area contributed by atoms with Gasteiger partial charge in [0.25, 0.3) is 0 Å². The summed E-state index contributed by atoms with van der Waals surface area (Å²) in [5.41, 5.74) is 4.12. The van der Waals surface area contributed by atoms with Crippen molar-refractivity contribution in [3.8, 4) is 5.75 Å². The number of fused-ring (bicyclic) bond motifs is 1. The second-order valence-electron chi connectivity index (χ2n) is 8.75. The molecule has 1 N–H and O–H groups in total. The van der Waals surface area contributed by atoms with Crippen molar-refractivity contribution in [2.45, 2.75) is 37.7 Å². The zero-order chi connectivity index (χ0) is 22.4. The van der Waals surface area contributed by atoms with Gasteiger partial charge in [-0.05, 0) is 60.4 Å². The molecule has 0 radical (unpaired) electrons. The van der Waals surface area contributed by atoms with Gasteiger partial charge in [0.1, 0.15) is 18.6 Å². The third kappa shape index (κ3) is 4.28. The van der Waals surface area contributed by atoms with Gasteiger partial charge in [0.2, 0.25) is 5.91 Å². The number of pyridine rings is 1. The van der Waals surface area contributed by atoms with Crippen molar-refractivity contribution < 1.29 is 9.53 Å². The maximum absolute atomic E-state index is 12.8. The second kappa shape index (κ2) is 8.15. The molecule has 2 fully saturated rings. The Morgan fingerprint density at radius 2 is 2.09 bits per heavy atom. The van der Waals surface area contributed by atoms with Gasteiger partial charge in [-0.1, -0.05) is 29.8 Å². The van der Waals surface area contributed by atoms with Gasteiger partial charge in [-0.2, -0.15) is 0 Å². The lowest BCUT2D eigenvalue weighted by Gasteiger charge is -2.10. The van der Waals surface area contributed by atoms with Gasteiger partial charge in [0.05, 0.1) is 11.9 Å². The van der Waals surface area contributed by atoms with Gasteiger partial charge >= 0.3 is 0 Å². The van der Waals surface area contributed by atoms with Gasteiger partial charge in [-0.15, -0.1) is 0 Å². The zero-order valence-corrected chi connectivity index (χ0v) is 18.6. The van der Waals surface area contributed by atoms with Crippen LogP contribution in [0.25, 0.3) is 5.65 Å². The first kappa shape index (κ1) is 20.2. The Labute approximate surface area is 195 Å². The maximum Gasteiger partial charge on any atom is 0.229 e. The molecule has 0 aliphatic heterocycles. The predicted octanol–water partition coefficient (Wildman–Crippen LogP) is 4.98. The summed E-state index contributed by atoms with van der Waals surface area (Å²) >= 11 is 6.09. The maximum atomic E-state index is 12.8. The molecule has 2 aliphatic carbocycles. The average molecular weight is 460 g/mol. The molecule has 0 saturated heterocycles. The summed E-state index contributed by atoms with van der Waals surface area (Å²) in [5, 5.41) is 3.58. The number of anilines is 1. The number of ether oxygens (including phenoxy) is 1. The van der Waals surface area contributed by atoms with Crippen LogP contribution in [0.4, 0.5) is 5.82 Å². The quantitative estimate of drug-likeness (QED) is 0.421. The second-order valence-corrected chi connectivity index (χ2v) is 9.19. The lowest BCUT2D eigenvalue weighted by atomic mass is 10.1. The molecule has 33 heavy (non-hydrogen) atoms. The van der Waals surface area contributed by atoms with E-state index in [0.717, 1.165) is 23.3 Å². The SMILES string of the molecule is O=C(Nc1ncncc1OCc1cn2cc(C3CC3)ccc2n1)[C@H]1CC1c1cccc(Cl)c1. The number of benzene rings is 1. The van der Waals surface area contributed by atoms with Crippen molar-refractivity contribution in [1.82, 2.24) is 19.4 Å². The molecule has 0 spiro atoms. The summed E-state index contributed by atoms with van der Waals surface area (Å²) < 4.78 is 7.98. The lowest BCUT2D eigenvalue weighted by Crippen LogP contribution is -2.16. The normalized spacial score (nSPS) is 19.4. The van der Waals surface area contributed by atoms with Crippen molar-refractivity contribution in [2.75, 3.05) is 5.32 Å². The first-order valence-electron chi connectivity index (χ1n) is 11.1. The number of aromatic nitrogens is 4. The van der Waals surface area contributed by atoms with E-state index in [-0.39, 0.29) is 24.3 Å². The minimum absolute atomic E-state index is 0.0798. The highest BCUT2D eigenvalue weighted by Gasteiger charge is 2.44. The van der Waals surface area contributed by atoms with Crippen LogP contribution in [0.3, 0.4) is 0 Å². The van der Waals surface area contributed by atoms with E-state index >= 15 is 0 Å². The van der Waals surface area contributed by atoms with Crippen LogP contribution >= 0.6 is 11.6 Å². The van der Waals surface area contributed by atoms with Crippen LogP contribution in [-0.4, -0.2) is 25.3 Å². The number of nitrogens with zero attached hydrogens (tertiary/aromatic N) is 4. The van der Waals surface area contributed by atoms with E-state index in [1.54, 1.807) is 6.20 Å². The summed E-state index contributed by atoms with van der Waals surface area (Å²) in [5.74, 6) is 1.46. The predicted molar refractivity (Wildman–Crippen MR) is 124 cm³/mol. The fourth-order valence-corrected chi connectivity index (χ4v) is 4.46. The van der Waals surface area contributed by atoms with Crippen molar-refractivity contribution >= 4 is 29.0 Å². The minimum atomic E-state index is -0.106. The summed E-state index contributed by atoms with van der Waals surface area (Å²) in [4.78, 5) is 25.7. The number of imidazole rings is 1. The Kier molecular flexibility index (Phi) is 4.99. The van der Waals surface area contributed by atoms with Crippen LogP contribution in [-0.2, 0) is 11.4 Å². The van der Waals surface area contributed by atoms with E-state index in [1.807, 2.05) is 40.9 Å². The van der Waals surface area contributed by atoms with Gasteiger partial charge in [-0.3, -0.25) is 4.79 Å². The van der Waals surface area contributed by atoms with Gasteiger partial charge in [-0.25, -0.2) is 15.0 Å². The highest BCUT2D eigenvalue weighted by molar-refractivity contribution is 6.30. The molecule has 1 amide bonds. The van der Waals surface area contributed by atoms with Crippen molar-refractivity contribution in [3.63, 3.8) is 0 Å². The summed E-state index contributed by atoms with van der Waals surface area (Å²) in [6.07, 6.45) is 10.4. The molecule has 2 atom stereocenters. The van der Waals surface area contributed by atoms with E-state index in [2.05, 4.69) is 32.5 Å². The van der Waals surface area contributed by atoms with E-state index in [1.165, 1.54) is 24.7 Å². The molecule has 1 aromatic carbocycles. The number of halogens is 1. The van der Waals surface area contributed by atoms with Gasteiger partial charge < -0.3 is 14.5 Å². The summed E-state index contributed by atoms with van der Waals surface area (Å²) in [7, 11) is 0. The monoisotopic (exact) mass is 459 g/mol. The molecule has 166 valence electrons. The largest absolute Gasteiger partial charge is 0.482 e. The van der Waals surface area contributed by atoms with E-state index in [4.69, 9.17) is 16.3 Å². The lowest BCUT2D eigenvalue weighted by molar-refractivity contribution is -0.117. The minimum Gasteiger partial charge on any atom is -0.482 e. The molecule has 0 bridgehead atoms. The van der Waals surface area contributed by atoms with Crippen LogP contribution in [0, 0.1) is 5.92 Å². The molecule has 1 unspecified atom stereocenters. The van der Waals surface area contributed by atoms with Crippen LogP contribution in [0.5, 0.6) is 5.75 Å². The Morgan fingerprint density at radius 3 is 2.94 bits per heavy atom. The molecular weight excluding hydrogens is 438 g/mol. The smallest absolute Gasteiger partial charge is 0.229 e. The summed E-state index contributed by atoms with van der Waals surface area (Å²) in [6, 6.07) is 11.9.